The summed E-state index contributed by atoms with van der Waals surface area (Å²) in [5, 5.41) is 10.2. The minimum atomic E-state index is -0.625. The molecule has 2 rings (SSSR count). The highest BCUT2D eigenvalue weighted by atomic mass is 16.5. The first-order valence-corrected chi connectivity index (χ1v) is 6.53. The van der Waals surface area contributed by atoms with Crippen molar-refractivity contribution in [3.8, 4) is 11.5 Å². The largest absolute Gasteiger partial charge is 0.505 e. The summed E-state index contributed by atoms with van der Waals surface area (Å²) in [4.78, 5) is 15.9. The summed E-state index contributed by atoms with van der Waals surface area (Å²) < 4.78 is 15.2. The van der Waals surface area contributed by atoms with Crippen molar-refractivity contribution in [2.75, 3.05) is 21.3 Å². The number of esters is 1. The SMILES string of the molecule is COC(=O)C1=C(O)C(=Cc2cccc(OC)c2OC)N=C1C. The maximum absolute atomic E-state index is 11.7. The van der Waals surface area contributed by atoms with E-state index >= 15 is 0 Å². The summed E-state index contributed by atoms with van der Waals surface area (Å²) in [7, 11) is 4.32. The molecule has 0 aromatic heterocycles. The van der Waals surface area contributed by atoms with Crippen molar-refractivity contribution < 1.29 is 24.1 Å². The average molecular weight is 303 g/mol. The Morgan fingerprint density at radius 2 is 1.95 bits per heavy atom. The number of aliphatic hydroxyl groups is 1. The molecule has 0 saturated heterocycles. The molecule has 1 aromatic rings. The zero-order valence-electron chi connectivity index (χ0n) is 12.8. The molecule has 1 heterocycles. The molecule has 0 amide bonds. The lowest BCUT2D eigenvalue weighted by atomic mass is 10.1. The van der Waals surface area contributed by atoms with E-state index in [1.165, 1.54) is 14.2 Å². The molecule has 116 valence electrons. The summed E-state index contributed by atoms with van der Waals surface area (Å²) in [6.45, 7) is 1.63. The monoisotopic (exact) mass is 303 g/mol. The van der Waals surface area contributed by atoms with Gasteiger partial charge in [0, 0.05) is 5.56 Å². The van der Waals surface area contributed by atoms with Crippen LogP contribution in [-0.2, 0) is 9.53 Å². The summed E-state index contributed by atoms with van der Waals surface area (Å²) in [6, 6.07) is 5.35. The highest BCUT2D eigenvalue weighted by Gasteiger charge is 2.27. The lowest BCUT2D eigenvalue weighted by Crippen LogP contribution is -2.11. The molecule has 0 bridgehead atoms. The van der Waals surface area contributed by atoms with Gasteiger partial charge in [0.05, 0.1) is 27.0 Å². The fourth-order valence-electron chi connectivity index (χ4n) is 2.21. The molecule has 22 heavy (non-hydrogen) atoms. The normalized spacial score (nSPS) is 15.8. The predicted octanol–water partition coefficient (Wildman–Crippen LogP) is 2.50. The summed E-state index contributed by atoms with van der Waals surface area (Å²) >= 11 is 0. The molecule has 1 aliphatic rings. The van der Waals surface area contributed by atoms with Gasteiger partial charge in [-0.3, -0.25) is 0 Å². The van der Waals surface area contributed by atoms with Gasteiger partial charge in [-0.1, -0.05) is 12.1 Å². The highest BCUT2D eigenvalue weighted by Crippen LogP contribution is 2.34. The van der Waals surface area contributed by atoms with Gasteiger partial charge in [-0.25, -0.2) is 9.79 Å². The molecule has 1 aromatic carbocycles. The zero-order chi connectivity index (χ0) is 16.3. The van der Waals surface area contributed by atoms with Crippen molar-refractivity contribution >= 4 is 17.8 Å². The second-order valence-electron chi connectivity index (χ2n) is 4.52. The van der Waals surface area contributed by atoms with E-state index in [1.807, 2.05) is 0 Å². The van der Waals surface area contributed by atoms with E-state index in [4.69, 9.17) is 9.47 Å². The van der Waals surface area contributed by atoms with Gasteiger partial charge in [-0.05, 0) is 19.1 Å². The third kappa shape index (κ3) is 2.67. The minimum Gasteiger partial charge on any atom is -0.505 e. The number of ether oxygens (including phenoxy) is 3. The van der Waals surface area contributed by atoms with Gasteiger partial charge in [0.1, 0.15) is 11.3 Å². The Bertz CT molecular complexity index is 700. The molecule has 0 saturated carbocycles. The van der Waals surface area contributed by atoms with Crippen LogP contribution in [0.3, 0.4) is 0 Å². The molecule has 0 atom stereocenters. The molecule has 0 radical (unpaired) electrons. The lowest BCUT2D eigenvalue weighted by Gasteiger charge is -2.10. The van der Waals surface area contributed by atoms with Crippen molar-refractivity contribution in [2.24, 2.45) is 4.99 Å². The minimum absolute atomic E-state index is 0.0654. The van der Waals surface area contributed by atoms with Crippen LogP contribution in [0, 0.1) is 0 Å². The van der Waals surface area contributed by atoms with Crippen LogP contribution < -0.4 is 9.47 Å². The number of benzene rings is 1. The Labute approximate surface area is 128 Å². The van der Waals surface area contributed by atoms with Crippen LogP contribution in [-0.4, -0.2) is 38.1 Å². The number of aliphatic hydroxyl groups excluding tert-OH is 1. The van der Waals surface area contributed by atoms with Crippen LogP contribution in [0.5, 0.6) is 11.5 Å². The van der Waals surface area contributed by atoms with Crippen molar-refractivity contribution in [3.63, 3.8) is 0 Å². The average Bonchev–Trinajstić information content (AvgIpc) is 2.80. The number of aliphatic imine (C=N–C) groups is 1. The van der Waals surface area contributed by atoms with Crippen LogP contribution in [0.15, 0.2) is 40.2 Å². The molecule has 0 spiro atoms. The van der Waals surface area contributed by atoms with E-state index in [0.29, 0.717) is 22.8 Å². The van der Waals surface area contributed by atoms with Gasteiger partial charge in [0.15, 0.2) is 17.3 Å². The lowest BCUT2D eigenvalue weighted by molar-refractivity contribution is -0.135. The van der Waals surface area contributed by atoms with Gasteiger partial charge < -0.3 is 19.3 Å². The van der Waals surface area contributed by atoms with E-state index in [0.717, 1.165) is 0 Å². The standard InChI is InChI=1S/C16H17NO5/c1-9-13(16(19)22-4)14(18)11(17-9)8-10-6-5-7-12(20-2)15(10)21-3/h5-8,18H,1-4H3. The third-order valence-electron chi connectivity index (χ3n) is 3.24. The summed E-state index contributed by atoms with van der Waals surface area (Å²) in [5.41, 5.74) is 1.41. The summed E-state index contributed by atoms with van der Waals surface area (Å²) in [6.07, 6.45) is 1.62. The van der Waals surface area contributed by atoms with E-state index in [1.54, 1.807) is 38.3 Å². The molecule has 0 aliphatic carbocycles. The first-order chi connectivity index (χ1) is 10.5. The molecule has 0 unspecified atom stereocenters. The van der Waals surface area contributed by atoms with Gasteiger partial charge in [0.2, 0.25) is 0 Å². The van der Waals surface area contributed by atoms with Gasteiger partial charge >= 0.3 is 5.97 Å². The number of para-hydroxylation sites is 1. The summed E-state index contributed by atoms with van der Waals surface area (Å²) in [5.74, 6) is 0.242. The Balaban J connectivity index is 2.52. The smallest absolute Gasteiger partial charge is 0.343 e. The molecule has 6 nitrogen and oxygen atoms in total. The van der Waals surface area contributed by atoms with Crippen LogP contribution in [0.25, 0.3) is 6.08 Å². The maximum atomic E-state index is 11.7. The quantitative estimate of drug-likeness (QED) is 0.865. The first-order valence-electron chi connectivity index (χ1n) is 6.53. The number of rotatable bonds is 4. The highest BCUT2D eigenvalue weighted by molar-refractivity contribution is 6.22. The third-order valence-corrected chi connectivity index (χ3v) is 3.24. The Morgan fingerprint density at radius 3 is 2.55 bits per heavy atom. The Hall–Kier alpha value is -2.76. The molecular formula is C16H17NO5. The van der Waals surface area contributed by atoms with Crippen LogP contribution >= 0.6 is 0 Å². The predicted molar refractivity (Wildman–Crippen MR) is 82.3 cm³/mol. The molecule has 0 fully saturated rings. The van der Waals surface area contributed by atoms with Gasteiger partial charge in [-0.15, -0.1) is 0 Å². The number of methoxy groups -OCH3 is 3. The van der Waals surface area contributed by atoms with Gasteiger partial charge in [0.25, 0.3) is 0 Å². The zero-order valence-corrected chi connectivity index (χ0v) is 12.8. The van der Waals surface area contributed by atoms with Crippen molar-refractivity contribution in [1.82, 2.24) is 0 Å². The number of carbonyl (C=O) groups excluding carboxylic acids is 1. The van der Waals surface area contributed by atoms with Crippen molar-refractivity contribution in [2.45, 2.75) is 6.92 Å². The van der Waals surface area contributed by atoms with Crippen molar-refractivity contribution in [1.29, 1.82) is 0 Å². The Kier molecular flexibility index (Phi) is 4.50. The maximum Gasteiger partial charge on any atom is 0.343 e. The van der Waals surface area contributed by atoms with Crippen LogP contribution in [0.2, 0.25) is 0 Å². The second kappa shape index (κ2) is 6.34. The number of nitrogens with zero attached hydrogens (tertiary/aromatic N) is 1. The first kappa shape index (κ1) is 15.6. The van der Waals surface area contributed by atoms with E-state index in [-0.39, 0.29) is 17.0 Å². The molecular weight excluding hydrogens is 286 g/mol. The topological polar surface area (TPSA) is 77.4 Å². The molecule has 1 aliphatic heterocycles. The fourth-order valence-corrected chi connectivity index (χ4v) is 2.21. The van der Waals surface area contributed by atoms with E-state index in [2.05, 4.69) is 9.73 Å². The second-order valence-corrected chi connectivity index (χ2v) is 4.52. The Morgan fingerprint density at radius 1 is 1.23 bits per heavy atom. The van der Waals surface area contributed by atoms with E-state index < -0.39 is 5.97 Å². The number of hydrogen-bond acceptors (Lipinski definition) is 6. The number of hydrogen-bond donors (Lipinski definition) is 1. The fraction of sp³-hybridized carbons (Fsp3) is 0.250. The van der Waals surface area contributed by atoms with Crippen LogP contribution in [0.4, 0.5) is 0 Å². The van der Waals surface area contributed by atoms with Crippen LogP contribution in [0.1, 0.15) is 12.5 Å². The van der Waals surface area contributed by atoms with Gasteiger partial charge in [-0.2, -0.15) is 0 Å². The molecule has 6 heteroatoms. The number of carbonyl (C=O) groups is 1. The molecule has 1 N–H and O–H groups in total. The van der Waals surface area contributed by atoms with E-state index in [9.17, 15) is 9.90 Å². The van der Waals surface area contributed by atoms with Crippen molar-refractivity contribution in [3.05, 3.63) is 40.8 Å².